The Kier molecular flexibility index (Phi) is 4.04. The van der Waals surface area contributed by atoms with Gasteiger partial charge in [-0.3, -0.25) is 4.90 Å². The number of nitrogens with one attached hydrogen (secondary N) is 1. The lowest BCUT2D eigenvalue weighted by molar-refractivity contribution is 0.202. The molecule has 1 aliphatic rings. The zero-order chi connectivity index (χ0) is 17.5. The Morgan fingerprint density at radius 3 is 2.96 bits per heavy atom. The first-order valence-corrected chi connectivity index (χ1v) is 10.0. The molecule has 1 aliphatic heterocycles. The number of halogens is 1. The van der Waals surface area contributed by atoms with E-state index in [0.717, 1.165) is 29.5 Å². The molecule has 130 valence electrons. The van der Waals surface area contributed by atoms with Crippen LogP contribution in [0.3, 0.4) is 0 Å². The van der Waals surface area contributed by atoms with Gasteiger partial charge >= 0.3 is 0 Å². The molecule has 1 atom stereocenters. The fourth-order valence-electron chi connectivity index (χ4n) is 4.02. The number of rotatable bonds is 3. The second kappa shape index (κ2) is 6.54. The van der Waals surface area contributed by atoms with Gasteiger partial charge in [-0.25, -0.2) is 4.98 Å². The van der Waals surface area contributed by atoms with Crippen LogP contribution in [-0.2, 0) is 13.0 Å². The number of H-pyrrole nitrogens is 1. The Labute approximate surface area is 161 Å². The standard InChI is InChI=1S/C21H18ClN3S/c22-15-5-3-4-14(12-15)21-20-17(16-6-1-2-7-18(16)24-20)8-10-25(21)13-19-23-9-11-26-19/h1-7,9,11-12,21,24H,8,10,13H2. The molecule has 26 heavy (non-hydrogen) atoms. The van der Waals surface area contributed by atoms with Crippen molar-refractivity contribution >= 4 is 33.8 Å². The Morgan fingerprint density at radius 2 is 2.12 bits per heavy atom. The molecule has 2 aromatic carbocycles. The minimum atomic E-state index is 0.161. The SMILES string of the molecule is Clc1cccc(C2c3[nH]c4ccccc4c3CCN2Cc2nccs2)c1. The van der Waals surface area contributed by atoms with Gasteiger partial charge in [0.15, 0.2) is 0 Å². The first-order chi connectivity index (χ1) is 12.8. The Hall–Kier alpha value is -2.14. The van der Waals surface area contributed by atoms with Crippen molar-refractivity contribution in [2.24, 2.45) is 0 Å². The molecule has 1 unspecified atom stereocenters. The number of benzene rings is 2. The lowest BCUT2D eigenvalue weighted by Crippen LogP contribution is -2.35. The molecule has 0 saturated carbocycles. The Bertz CT molecular complexity index is 1050. The maximum atomic E-state index is 6.32. The highest BCUT2D eigenvalue weighted by atomic mass is 35.5. The first kappa shape index (κ1) is 16.1. The normalized spacial score (nSPS) is 17.5. The van der Waals surface area contributed by atoms with Crippen LogP contribution in [0.25, 0.3) is 10.9 Å². The van der Waals surface area contributed by atoms with Gasteiger partial charge in [0.25, 0.3) is 0 Å². The van der Waals surface area contributed by atoms with Gasteiger partial charge in [0, 0.05) is 39.7 Å². The van der Waals surface area contributed by atoms with Crippen molar-refractivity contribution < 1.29 is 0 Å². The van der Waals surface area contributed by atoms with Crippen molar-refractivity contribution in [3.8, 4) is 0 Å². The summed E-state index contributed by atoms with van der Waals surface area (Å²) in [4.78, 5) is 10.7. The van der Waals surface area contributed by atoms with E-state index in [-0.39, 0.29) is 6.04 Å². The van der Waals surface area contributed by atoms with Gasteiger partial charge in [-0.05, 0) is 35.7 Å². The van der Waals surface area contributed by atoms with Crippen LogP contribution in [0.15, 0.2) is 60.1 Å². The van der Waals surface area contributed by atoms with Crippen LogP contribution in [0.2, 0.25) is 5.02 Å². The molecule has 3 heterocycles. The molecule has 0 aliphatic carbocycles. The molecule has 0 amide bonds. The number of hydrogen-bond acceptors (Lipinski definition) is 3. The second-order valence-electron chi connectivity index (χ2n) is 6.67. The predicted molar refractivity (Wildman–Crippen MR) is 108 cm³/mol. The highest BCUT2D eigenvalue weighted by Crippen LogP contribution is 2.39. The fourth-order valence-corrected chi connectivity index (χ4v) is 4.86. The number of para-hydroxylation sites is 1. The monoisotopic (exact) mass is 379 g/mol. The van der Waals surface area contributed by atoms with Crippen LogP contribution in [0.1, 0.15) is 27.9 Å². The largest absolute Gasteiger partial charge is 0.357 e. The zero-order valence-corrected chi connectivity index (χ0v) is 15.7. The third-order valence-corrected chi connectivity index (χ3v) is 6.12. The molecule has 2 aromatic heterocycles. The molecule has 3 nitrogen and oxygen atoms in total. The summed E-state index contributed by atoms with van der Waals surface area (Å²) in [6.45, 7) is 1.86. The van der Waals surface area contributed by atoms with Gasteiger partial charge in [-0.1, -0.05) is 41.9 Å². The summed E-state index contributed by atoms with van der Waals surface area (Å²) in [5, 5.41) is 5.31. The van der Waals surface area contributed by atoms with E-state index >= 15 is 0 Å². The number of fused-ring (bicyclic) bond motifs is 3. The summed E-state index contributed by atoms with van der Waals surface area (Å²) in [5.41, 5.74) is 5.15. The fraction of sp³-hybridized carbons (Fsp3) is 0.190. The van der Waals surface area contributed by atoms with Gasteiger partial charge in [-0.2, -0.15) is 0 Å². The van der Waals surface area contributed by atoms with Crippen molar-refractivity contribution in [1.29, 1.82) is 0 Å². The molecule has 0 fully saturated rings. The van der Waals surface area contributed by atoms with E-state index in [1.165, 1.54) is 27.7 Å². The van der Waals surface area contributed by atoms with E-state index < -0.39 is 0 Å². The van der Waals surface area contributed by atoms with Crippen LogP contribution < -0.4 is 0 Å². The summed E-state index contributed by atoms with van der Waals surface area (Å²) in [6, 6.07) is 17.0. The smallest absolute Gasteiger partial charge is 0.107 e. The molecular formula is C21H18ClN3S. The van der Waals surface area contributed by atoms with Gasteiger partial charge in [0.1, 0.15) is 5.01 Å². The first-order valence-electron chi connectivity index (χ1n) is 8.77. The van der Waals surface area contributed by atoms with Crippen LogP contribution in [0, 0.1) is 0 Å². The maximum absolute atomic E-state index is 6.32. The number of aromatic amines is 1. The molecule has 0 spiro atoms. The van der Waals surface area contributed by atoms with E-state index in [9.17, 15) is 0 Å². The van der Waals surface area contributed by atoms with Crippen LogP contribution in [0.4, 0.5) is 0 Å². The van der Waals surface area contributed by atoms with Crippen LogP contribution in [-0.4, -0.2) is 21.4 Å². The van der Waals surface area contributed by atoms with Crippen LogP contribution >= 0.6 is 22.9 Å². The minimum absolute atomic E-state index is 0.161. The molecule has 5 rings (SSSR count). The van der Waals surface area contributed by atoms with Crippen molar-refractivity contribution in [3.05, 3.63) is 87.0 Å². The number of hydrogen-bond donors (Lipinski definition) is 1. The summed E-state index contributed by atoms with van der Waals surface area (Å²) < 4.78 is 0. The highest BCUT2D eigenvalue weighted by molar-refractivity contribution is 7.09. The average Bonchev–Trinajstić information content (AvgIpc) is 3.28. The molecule has 0 saturated heterocycles. The lowest BCUT2D eigenvalue weighted by Gasteiger charge is -2.35. The number of thiazole rings is 1. The van der Waals surface area contributed by atoms with Gasteiger partial charge in [0.05, 0.1) is 12.6 Å². The van der Waals surface area contributed by atoms with E-state index in [1.807, 2.05) is 23.7 Å². The van der Waals surface area contributed by atoms with Crippen LogP contribution in [0.5, 0.6) is 0 Å². The minimum Gasteiger partial charge on any atom is -0.357 e. The third kappa shape index (κ3) is 2.75. The van der Waals surface area contributed by atoms with Gasteiger partial charge in [-0.15, -0.1) is 11.3 Å². The lowest BCUT2D eigenvalue weighted by atomic mass is 9.92. The van der Waals surface area contributed by atoms with E-state index in [2.05, 4.69) is 51.3 Å². The molecular weight excluding hydrogens is 362 g/mol. The van der Waals surface area contributed by atoms with Gasteiger partial charge in [0.2, 0.25) is 0 Å². The number of aromatic nitrogens is 2. The highest BCUT2D eigenvalue weighted by Gasteiger charge is 2.32. The maximum Gasteiger partial charge on any atom is 0.107 e. The van der Waals surface area contributed by atoms with Gasteiger partial charge < -0.3 is 4.98 Å². The Balaban J connectivity index is 1.65. The van der Waals surface area contributed by atoms with E-state index in [4.69, 9.17) is 11.6 Å². The van der Waals surface area contributed by atoms with Crippen molar-refractivity contribution in [3.63, 3.8) is 0 Å². The molecule has 1 N–H and O–H groups in total. The number of nitrogens with zero attached hydrogens (tertiary/aromatic N) is 2. The van der Waals surface area contributed by atoms with Crippen molar-refractivity contribution in [2.45, 2.75) is 19.0 Å². The summed E-state index contributed by atoms with van der Waals surface area (Å²) in [6.07, 6.45) is 2.93. The van der Waals surface area contributed by atoms with E-state index in [0.29, 0.717) is 0 Å². The van der Waals surface area contributed by atoms with Crippen molar-refractivity contribution in [2.75, 3.05) is 6.54 Å². The van der Waals surface area contributed by atoms with E-state index in [1.54, 1.807) is 11.3 Å². The quantitative estimate of drug-likeness (QED) is 0.515. The summed E-state index contributed by atoms with van der Waals surface area (Å²) in [5.74, 6) is 0. The molecule has 4 aromatic rings. The zero-order valence-electron chi connectivity index (χ0n) is 14.2. The topological polar surface area (TPSA) is 31.9 Å². The van der Waals surface area contributed by atoms with Crippen molar-refractivity contribution in [1.82, 2.24) is 14.9 Å². The third-order valence-electron chi connectivity index (χ3n) is 5.12. The second-order valence-corrected chi connectivity index (χ2v) is 8.08. The predicted octanol–water partition coefficient (Wildman–Crippen LogP) is 5.43. The summed E-state index contributed by atoms with van der Waals surface area (Å²) in [7, 11) is 0. The average molecular weight is 380 g/mol. The molecule has 0 radical (unpaired) electrons. The molecule has 5 heteroatoms. The molecule has 0 bridgehead atoms. The Morgan fingerprint density at radius 1 is 1.19 bits per heavy atom. The summed E-state index contributed by atoms with van der Waals surface area (Å²) >= 11 is 8.04.